The smallest absolute Gasteiger partial charge is 0.152 e. The number of nitrogens with one attached hydrogen (secondary N) is 1. The van der Waals surface area contributed by atoms with Crippen molar-refractivity contribution in [1.29, 1.82) is 0 Å². The SMILES string of the molecule is C/C=C(\N=C(Nn1c2ccccc2c2ccccc21)c1ccccc1)c1cccc(-c2cccc(-c3ccc4c5ccccc5c5ccccc5c4c3)c2)c1. The van der Waals surface area contributed by atoms with Gasteiger partial charge in [0.05, 0.1) is 16.7 Å². The molecule has 260 valence electrons. The minimum atomic E-state index is 0.768. The molecule has 0 saturated carbocycles. The Balaban J connectivity index is 1.03. The lowest BCUT2D eigenvalue weighted by atomic mass is 9.91. The number of hydrogen-bond donors (Lipinski definition) is 1. The molecule has 1 heterocycles. The molecule has 0 spiro atoms. The van der Waals surface area contributed by atoms with Crippen molar-refractivity contribution in [2.24, 2.45) is 4.99 Å². The zero-order chi connectivity index (χ0) is 36.7. The number of hydrogen-bond acceptors (Lipinski definition) is 1. The molecule has 0 aliphatic rings. The second kappa shape index (κ2) is 13.6. The van der Waals surface area contributed by atoms with E-state index >= 15 is 0 Å². The molecule has 0 bridgehead atoms. The van der Waals surface area contributed by atoms with E-state index in [9.17, 15) is 0 Å². The van der Waals surface area contributed by atoms with Crippen LogP contribution in [0.2, 0.25) is 0 Å². The molecule has 0 atom stereocenters. The highest BCUT2D eigenvalue weighted by molar-refractivity contribution is 6.25. The fourth-order valence-corrected chi connectivity index (χ4v) is 8.14. The molecule has 0 radical (unpaired) electrons. The Kier molecular flexibility index (Phi) is 8.04. The molecular weight excluding hydrogens is 667 g/mol. The molecule has 55 heavy (non-hydrogen) atoms. The highest BCUT2D eigenvalue weighted by Crippen LogP contribution is 2.38. The summed E-state index contributed by atoms with van der Waals surface area (Å²) >= 11 is 0. The van der Waals surface area contributed by atoms with Crippen molar-refractivity contribution in [3.8, 4) is 22.3 Å². The predicted molar refractivity (Wildman–Crippen MR) is 235 cm³/mol. The van der Waals surface area contributed by atoms with E-state index in [1.807, 2.05) is 6.07 Å². The first-order chi connectivity index (χ1) is 27.2. The maximum absolute atomic E-state index is 5.34. The number of fused-ring (bicyclic) bond motifs is 9. The highest BCUT2D eigenvalue weighted by Gasteiger charge is 2.15. The normalized spacial score (nSPS) is 12.3. The van der Waals surface area contributed by atoms with Gasteiger partial charge in [0.25, 0.3) is 0 Å². The van der Waals surface area contributed by atoms with Gasteiger partial charge in [-0.15, -0.1) is 0 Å². The lowest BCUT2D eigenvalue weighted by molar-refractivity contribution is 1.08. The number of benzene rings is 9. The summed E-state index contributed by atoms with van der Waals surface area (Å²) in [6.45, 7) is 2.06. The van der Waals surface area contributed by atoms with E-state index < -0.39 is 0 Å². The zero-order valence-electron chi connectivity index (χ0n) is 30.4. The summed E-state index contributed by atoms with van der Waals surface area (Å²) in [5.41, 5.74) is 13.6. The van der Waals surface area contributed by atoms with E-state index in [-0.39, 0.29) is 0 Å². The number of nitrogens with zero attached hydrogens (tertiary/aromatic N) is 2. The minimum absolute atomic E-state index is 0.768. The van der Waals surface area contributed by atoms with Crippen molar-refractivity contribution in [1.82, 2.24) is 4.68 Å². The van der Waals surface area contributed by atoms with Crippen molar-refractivity contribution >= 4 is 65.7 Å². The van der Waals surface area contributed by atoms with Crippen LogP contribution in [-0.4, -0.2) is 10.5 Å². The number of para-hydroxylation sites is 2. The van der Waals surface area contributed by atoms with Gasteiger partial charge in [0.1, 0.15) is 0 Å². The Morgan fingerprint density at radius 3 is 1.45 bits per heavy atom. The molecule has 1 N–H and O–H groups in total. The quantitative estimate of drug-likeness (QED) is 0.104. The fourth-order valence-electron chi connectivity index (χ4n) is 8.14. The molecule has 1 aromatic heterocycles. The second-order valence-electron chi connectivity index (χ2n) is 14.0. The molecule has 0 amide bonds. The molecule has 10 rings (SSSR count). The number of aliphatic imine (C=N–C) groups is 1. The van der Waals surface area contributed by atoms with Crippen molar-refractivity contribution in [2.75, 3.05) is 5.43 Å². The third-order valence-electron chi connectivity index (χ3n) is 10.8. The van der Waals surface area contributed by atoms with Gasteiger partial charge in [-0.05, 0) is 91.8 Å². The summed E-state index contributed by atoms with van der Waals surface area (Å²) in [4.78, 5) is 5.34. The number of allylic oxidation sites excluding steroid dienone is 1. The second-order valence-corrected chi connectivity index (χ2v) is 14.0. The molecule has 0 unspecified atom stereocenters. The van der Waals surface area contributed by atoms with Gasteiger partial charge in [-0.2, -0.15) is 0 Å². The first-order valence-corrected chi connectivity index (χ1v) is 18.8. The maximum atomic E-state index is 5.34. The van der Waals surface area contributed by atoms with Crippen LogP contribution in [0.5, 0.6) is 0 Å². The molecule has 9 aromatic carbocycles. The topological polar surface area (TPSA) is 29.3 Å². The number of amidine groups is 1. The Labute approximate surface area is 320 Å². The average molecular weight is 704 g/mol. The predicted octanol–water partition coefficient (Wildman–Crippen LogP) is 13.6. The van der Waals surface area contributed by atoms with Crippen LogP contribution in [0, 0.1) is 0 Å². The highest BCUT2D eigenvalue weighted by atomic mass is 15.4. The Morgan fingerprint density at radius 1 is 0.400 bits per heavy atom. The molecule has 3 heteroatoms. The molecular formula is C52H37N3. The summed E-state index contributed by atoms with van der Waals surface area (Å²) in [6, 6.07) is 69.4. The molecule has 0 aliphatic heterocycles. The summed E-state index contributed by atoms with van der Waals surface area (Å²) in [5.74, 6) is 0.768. The van der Waals surface area contributed by atoms with Crippen LogP contribution in [0.25, 0.3) is 82.1 Å². The van der Waals surface area contributed by atoms with Gasteiger partial charge in [-0.1, -0.05) is 170 Å². The third-order valence-corrected chi connectivity index (χ3v) is 10.8. The van der Waals surface area contributed by atoms with Gasteiger partial charge >= 0.3 is 0 Å². The van der Waals surface area contributed by atoms with E-state index in [0.29, 0.717) is 0 Å². The summed E-state index contributed by atoms with van der Waals surface area (Å²) in [5, 5.41) is 10.1. The van der Waals surface area contributed by atoms with Crippen molar-refractivity contribution < 1.29 is 0 Å². The maximum Gasteiger partial charge on any atom is 0.152 e. The standard InChI is InChI=1S/C52H37N3/c1-2-49(53-52(35-16-4-3-5-17-35)54-55-50-28-12-10-26-46(50)47-27-11-13-29-51(47)55)40-21-15-20-38(33-40)36-18-14-19-37(32-36)39-30-31-45-43-24-7-6-22-41(43)42-23-8-9-25-44(42)48(45)34-39/h2-34H,1H3,(H,53,54)/b49-2-. The summed E-state index contributed by atoms with van der Waals surface area (Å²) in [6.07, 6.45) is 2.09. The molecule has 3 nitrogen and oxygen atoms in total. The van der Waals surface area contributed by atoms with Crippen LogP contribution in [0.1, 0.15) is 18.1 Å². The number of aromatic nitrogens is 1. The van der Waals surface area contributed by atoms with Gasteiger partial charge < -0.3 is 0 Å². The molecule has 0 aliphatic carbocycles. The third kappa shape index (κ3) is 5.74. The summed E-state index contributed by atoms with van der Waals surface area (Å²) in [7, 11) is 0. The van der Waals surface area contributed by atoms with Crippen LogP contribution < -0.4 is 5.43 Å². The van der Waals surface area contributed by atoms with Crippen LogP contribution in [0.3, 0.4) is 0 Å². The minimum Gasteiger partial charge on any atom is -0.276 e. The first kappa shape index (κ1) is 32.4. The van der Waals surface area contributed by atoms with Crippen LogP contribution >= 0.6 is 0 Å². The van der Waals surface area contributed by atoms with Crippen LogP contribution in [0.15, 0.2) is 205 Å². The van der Waals surface area contributed by atoms with Gasteiger partial charge in [0, 0.05) is 21.9 Å². The van der Waals surface area contributed by atoms with E-state index in [1.165, 1.54) is 54.2 Å². The lowest BCUT2D eigenvalue weighted by Crippen LogP contribution is -2.23. The summed E-state index contributed by atoms with van der Waals surface area (Å²) < 4.78 is 2.16. The molecule has 0 saturated heterocycles. The van der Waals surface area contributed by atoms with Crippen LogP contribution in [0.4, 0.5) is 0 Å². The van der Waals surface area contributed by atoms with Gasteiger partial charge in [0.2, 0.25) is 0 Å². The van der Waals surface area contributed by atoms with E-state index in [4.69, 9.17) is 4.99 Å². The van der Waals surface area contributed by atoms with Crippen LogP contribution in [-0.2, 0) is 0 Å². The monoisotopic (exact) mass is 703 g/mol. The zero-order valence-corrected chi connectivity index (χ0v) is 30.4. The van der Waals surface area contributed by atoms with Crippen molar-refractivity contribution in [3.63, 3.8) is 0 Å². The largest absolute Gasteiger partial charge is 0.276 e. The van der Waals surface area contributed by atoms with E-state index in [2.05, 4.69) is 211 Å². The Bertz CT molecular complexity index is 3040. The van der Waals surface area contributed by atoms with Gasteiger partial charge in [-0.3, -0.25) is 10.1 Å². The van der Waals surface area contributed by atoms with E-state index in [0.717, 1.165) is 44.8 Å². The fraction of sp³-hybridized carbons (Fsp3) is 0.0192. The Hall–Kier alpha value is -7.23. The van der Waals surface area contributed by atoms with Crippen molar-refractivity contribution in [2.45, 2.75) is 6.92 Å². The molecule has 0 fully saturated rings. The van der Waals surface area contributed by atoms with E-state index in [1.54, 1.807) is 0 Å². The lowest BCUT2D eigenvalue weighted by Gasteiger charge is -2.15. The van der Waals surface area contributed by atoms with Crippen molar-refractivity contribution in [3.05, 3.63) is 211 Å². The Morgan fingerprint density at radius 2 is 0.855 bits per heavy atom. The number of rotatable bonds is 6. The van der Waals surface area contributed by atoms with Gasteiger partial charge in [0.15, 0.2) is 5.84 Å². The van der Waals surface area contributed by atoms with Gasteiger partial charge in [-0.25, -0.2) is 4.99 Å². The molecule has 10 aromatic rings. The average Bonchev–Trinajstić information content (AvgIpc) is 3.58. The first-order valence-electron chi connectivity index (χ1n) is 18.8.